The van der Waals surface area contributed by atoms with Crippen LogP contribution in [0.2, 0.25) is 0 Å². The second-order valence-corrected chi connectivity index (χ2v) is 8.19. The maximum Gasteiger partial charge on any atom is 0.309 e. The summed E-state index contributed by atoms with van der Waals surface area (Å²) < 4.78 is 12.4. The molecule has 0 radical (unpaired) electrons. The van der Waals surface area contributed by atoms with E-state index in [4.69, 9.17) is 14.6 Å². The van der Waals surface area contributed by atoms with Crippen molar-refractivity contribution in [1.29, 1.82) is 0 Å². The van der Waals surface area contributed by atoms with Gasteiger partial charge in [-0.25, -0.2) is 0 Å². The Hall–Kier alpha value is -3.45. The second-order valence-electron chi connectivity index (χ2n) is 8.19. The number of benzene rings is 2. The molecule has 1 aliphatic rings. The fraction of sp³-hybridized carbons (Fsp3) is 0.320. The van der Waals surface area contributed by atoms with Gasteiger partial charge < -0.3 is 14.8 Å². The van der Waals surface area contributed by atoms with Crippen molar-refractivity contribution < 1.29 is 19.1 Å². The topological polar surface area (TPSA) is 82.4 Å². The molecule has 2 aromatic carbocycles. The summed E-state index contributed by atoms with van der Waals surface area (Å²) in [4.78, 5) is 23.8. The van der Waals surface area contributed by atoms with Gasteiger partial charge in [-0.3, -0.25) is 9.59 Å². The molecule has 1 saturated carbocycles. The van der Waals surface area contributed by atoms with Gasteiger partial charge in [0, 0.05) is 25.6 Å². The molecule has 7 nitrogen and oxygen atoms in total. The first kappa shape index (κ1) is 21.8. The molecule has 1 aromatic heterocycles. The average Bonchev–Trinajstić information content (AvgIpc) is 3.53. The van der Waals surface area contributed by atoms with Crippen LogP contribution in [-0.4, -0.2) is 35.4 Å². The molecule has 7 heteroatoms. The van der Waals surface area contributed by atoms with Gasteiger partial charge in [0.15, 0.2) is 0 Å². The first-order chi connectivity index (χ1) is 15.4. The van der Waals surface area contributed by atoms with E-state index in [1.807, 2.05) is 56.3 Å². The fourth-order valence-electron chi connectivity index (χ4n) is 3.72. The molecule has 1 heterocycles. The molecule has 0 atom stereocenters. The molecule has 3 aromatic rings. The monoisotopic (exact) mass is 433 g/mol. The van der Waals surface area contributed by atoms with Crippen LogP contribution >= 0.6 is 0 Å². The Kier molecular flexibility index (Phi) is 6.10. The maximum absolute atomic E-state index is 12.0. The normalized spacial score (nSPS) is 13.1. The minimum atomic E-state index is -0.400. The highest BCUT2D eigenvalue weighted by Gasteiger charge is 2.34. The van der Waals surface area contributed by atoms with Gasteiger partial charge in [-0.1, -0.05) is 24.3 Å². The summed E-state index contributed by atoms with van der Waals surface area (Å²) in [5.74, 6) is 0.141. The average molecular weight is 434 g/mol. The minimum Gasteiger partial charge on any atom is -0.407 e. The summed E-state index contributed by atoms with van der Waals surface area (Å²) in [5.41, 5.74) is 6.32. The molecule has 0 saturated heterocycles. The summed E-state index contributed by atoms with van der Waals surface area (Å²) in [6.07, 6.45) is 2.11. The molecule has 32 heavy (non-hydrogen) atoms. The van der Waals surface area contributed by atoms with Crippen molar-refractivity contribution >= 4 is 17.6 Å². The predicted octanol–water partition coefficient (Wildman–Crippen LogP) is 4.54. The number of ether oxygens (including phenoxy) is 2. The number of rotatable bonds is 7. The molecule has 4 rings (SSSR count). The van der Waals surface area contributed by atoms with E-state index < -0.39 is 5.97 Å². The molecule has 1 N–H and O–H groups in total. The zero-order valence-electron chi connectivity index (χ0n) is 18.8. The van der Waals surface area contributed by atoms with Gasteiger partial charge in [0.05, 0.1) is 16.9 Å². The first-order valence-electron chi connectivity index (χ1n) is 10.7. The molecular formula is C25H27N3O4. The Labute approximate surface area is 187 Å². The lowest BCUT2D eigenvalue weighted by Crippen LogP contribution is -2.16. The smallest absolute Gasteiger partial charge is 0.309 e. The van der Waals surface area contributed by atoms with Gasteiger partial charge in [0.1, 0.15) is 6.61 Å². The number of esters is 1. The third kappa shape index (κ3) is 4.57. The van der Waals surface area contributed by atoms with E-state index in [2.05, 4.69) is 5.32 Å². The number of aryl methyl sites for hydroxylation is 2. The lowest BCUT2D eigenvalue weighted by molar-refractivity contribution is -0.132. The third-order valence-corrected chi connectivity index (χ3v) is 5.40. The van der Waals surface area contributed by atoms with E-state index in [9.17, 15) is 9.59 Å². The number of carbonyl (C=O) groups excluding carboxylic acids is 2. The molecule has 0 aliphatic heterocycles. The summed E-state index contributed by atoms with van der Waals surface area (Å²) in [5, 5.41) is 7.71. The van der Waals surface area contributed by atoms with Crippen LogP contribution in [-0.2, 0) is 14.3 Å². The van der Waals surface area contributed by atoms with Crippen molar-refractivity contribution in [1.82, 2.24) is 9.78 Å². The Balaban J connectivity index is 1.82. The molecule has 1 aliphatic carbocycles. The SMILES string of the molecule is COCC(=O)Nc1ccc(-c2c(C3CC3)nn(-c3cc(C)ccc3C)c2OC(C)=O)cc1. The second kappa shape index (κ2) is 8.96. The third-order valence-electron chi connectivity index (χ3n) is 5.40. The van der Waals surface area contributed by atoms with Crippen LogP contribution in [0.3, 0.4) is 0 Å². The molecule has 1 amide bonds. The summed E-state index contributed by atoms with van der Waals surface area (Å²) >= 11 is 0. The van der Waals surface area contributed by atoms with Gasteiger partial charge >= 0.3 is 5.97 Å². The van der Waals surface area contributed by atoms with Crippen molar-refractivity contribution in [3.63, 3.8) is 0 Å². The zero-order valence-corrected chi connectivity index (χ0v) is 18.8. The Bertz CT molecular complexity index is 1160. The molecule has 166 valence electrons. The van der Waals surface area contributed by atoms with Crippen LogP contribution in [0.1, 0.15) is 42.5 Å². The van der Waals surface area contributed by atoms with Crippen molar-refractivity contribution in [2.75, 3.05) is 19.0 Å². The number of methoxy groups -OCH3 is 1. The van der Waals surface area contributed by atoms with Gasteiger partial charge in [-0.05, 0) is 61.6 Å². The van der Waals surface area contributed by atoms with Gasteiger partial charge in [-0.2, -0.15) is 9.78 Å². The van der Waals surface area contributed by atoms with Crippen molar-refractivity contribution in [2.24, 2.45) is 0 Å². The Morgan fingerprint density at radius 3 is 2.47 bits per heavy atom. The van der Waals surface area contributed by atoms with E-state index in [1.54, 1.807) is 4.68 Å². The van der Waals surface area contributed by atoms with Crippen LogP contribution in [0.15, 0.2) is 42.5 Å². The number of hydrogen-bond donors (Lipinski definition) is 1. The van der Waals surface area contributed by atoms with E-state index in [-0.39, 0.29) is 12.5 Å². The first-order valence-corrected chi connectivity index (χ1v) is 10.7. The van der Waals surface area contributed by atoms with E-state index in [0.717, 1.165) is 46.5 Å². The number of nitrogens with one attached hydrogen (secondary N) is 1. The summed E-state index contributed by atoms with van der Waals surface area (Å²) in [6, 6.07) is 13.6. The quantitative estimate of drug-likeness (QED) is 0.553. The molecule has 0 bridgehead atoms. The van der Waals surface area contributed by atoms with Crippen LogP contribution in [0.5, 0.6) is 5.88 Å². The Morgan fingerprint density at radius 2 is 1.84 bits per heavy atom. The standard InChI is InChI=1S/C25H27N3O4/c1-15-5-6-16(2)21(13-15)28-25(32-17(3)29)23(24(27-28)19-7-8-19)18-9-11-20(12-10-18)26-22(30)14-31-4/h5-6,9-13,19H,7-8,14H2,1-4H3,(H,26,30). The van der Waals surface area contributed by atoms with Gasteiger partial charge in [0.25, 0.3) is 0 Å². The highest BCUT2D eigenvalue weighted by Crippen LogP contribution is 2.48. The fourth-order valence-corrected chi connectivity index (χ4v) is 3.72. The largest absolute Gasteiger partial charge is 0.407 e. The Morgan fingerprint density at radius 1 is 1.12 bits per heavy atom. The molecule has 0 spiro atoms. The van der Waals surface area contributed by atoms with E-state index in [1.165, 1.54) is 14.0 Å². The predicted molar refractivity (Wildman–Crippen MR) is 122 cm³/mol. The number of hydrogen-bond acceptors (Lipinski definition) is 5. The molecule has 1 fully saturated rings. The van der Waals surface area contributed by atoms with E-state index >= 15 is 0 Å². The van der Waals surface area contributed by atoms with Crippen LogP contribution in [0, 0.1) is 13.8 Å². The van der Waals surface area contributed by atoms with Crippen LogP contribution < -0.4 is 10.1 Å². The van der Waals surface area contributed by atoms with E-state index in [0.29, 0.717) is 17.5 Å². The molecular weight excluding hydrogens is 406 g/mol. The zero-order chi connectivity index (χ0) is 22.8. The highest BCUT2D eigenvalue weighted by molar-refractivity contribution is 5.92. The maximum atomic E-state index is 12.0. The number of anilines is 1. The summed E-state index contributed by atoms with van der Waals surface area (Å²) in [6.45, 7) is 5.43. The van der Waals surface area contributed by atoms with Crippen LogP contribution in [0.4, 0.5) is 5.69 Å². The van der Waals surface area contributed by atoms with Gasteiger partial charge in [0.2, 0.25) is 11.8 Å². The highest BCUT2D eigenvalue weighted by atomic mass is 16.5. The lowest BCUT2D eigenvalue weighted by Gasteiger charge is -2.12. The van der Waals surface area contributed by atoms with Crippen molar-refractivity contribution in [2.45, 2.75) is 39.5 Å². The van der Waals surface area contributed by atoms with Crippen molar-refractivity contribution in [3.8, 4) is 22.7 Å². The van der Waals surface area contributed by atoms with Gasteiger partial charge in [-0.15, -0.1) is 0 Å². The summed E-state index contributed by atoms with van der Waals surface area (Å²) in [7, 11) is 1.48. The van der Waals surface area contributed by atoms with Crippen LogP contribution in [0.25, 0.3) is 16.8 Å². The lowest BCUT2D eigenvalue weighted by atomic mass is 10.0. The molecule has 0 unspecified atom stereocenters. The number of aromatic nitrogens is 2. The number of amides is 1. The number of nitrogens with zero attached hydrogens (tertiary/aromatic N) is 2. The minimum absolute atomic E-state index is 0.00715. The van der Waals surface area contributed by atoms with Crippen molar-refractivity contribution in [3.05, 3.63) is 59.3 Å². The number of carbonyl (C=O) groups is 2.